The van der Waals surface area contributed by atoms with Gasteiger partial charge >= 0.3 is 0 Å². The zero-order valence-electron chi connectivity index (χ0n) is 18.5. The molecule has 0 aliphatic rings. The van der Waals surface area contributed by atoms with E-state index in [1.165, 1.54) is 33.3 Å². The fourth-order valence-electron chi connectivity index (χ4n) is 2.77. The number of thiazole rings is 1. The van der Waals surface area contributed by atoms with Crippen LogP contribution >= 0.6 is 22.7 Å². The molecule has 168 valence electrons. The van der Waals surface area contributed by atoms with Gasteiger partial charge in [0.05, 0.1) is 11.6 Å². The normalized spacial score (nSPS) is 12.8. The highest BCUT2D eigenvalue weighted by Crippen LogP contribution is 2.15. The first kappa shape index (κ1) is 23.7. The van der Waals surface area contributed by atoms with E-state index < -0.39 is 5.41 Å². The molecular formula is C24H26N2O4S2. The van der Waals surface area contributed by atoms with Crippen LogP contribution in [0.1, 0.15) is 31.9 Å². The van der Waals surface area contributed by atoms with E-state index in [9.17, 15) is 14.4 Å². The number of ketones is 1. The SMILES string of the molecule is COc1ccc(CNC(=O)Cn2c(=O)/c(=C\c3ccsc3)s/c2=C\C(=O)C(C)(C)C)cc1. The number of amides is 1. The molecule has 0 radical (unpaired) electrons. The van der Waals surface area contributed by atoms with E-state index in [0.717, 1.165) is 16.9 Å². The van der Waals surface area contributed by atoms with E-state index in [0.29, 0.717) is 15.7 Å². The average molecular weight is 471 g/mol. The van der Waals surface area contributed by atoms with Crippen molar-refractivity contribution in [3.8, 4) is 5.75 Å². The number of ether oxygens (including phenoxy) is 1. The van der Waals surface area contributed by atoms with E-state index in [4.69, 9.17) is 4.74 Å². The lowest BCUT2D eigenvalue weighted by molar-refractivity contribution is -0.122. The second-order valence-electron chi connectivity index (χ2n) is 8.28. The van der Waals surface area contributed by atoms with Crippen molar-refractivity contribution in [1.29, 1.82) is 0 Å². The summed E-state index contributed by atoms with van der Waals surface area (Å²) < 4.78 is 7.46. The molecule has 0 bridgehead atoms. The van der Waals surface area contributed by atoms with Crippen LogP contribution in [0.3, 0.4) is 0 Å². The summed E-state index contributed by atoms with van der Waals surface area (Å²) in [5.41, 5.74) is 0.962. The summed E-state index contributed by atoms with van der Waals surface area (Å²) in [4.78, 5) is 38.3. The van der Waals surface area contributed by atoms with Crippen LogP contribution in [-0.4, -0.2) is 23.4 Å². The lowest BCUT2D eigenvalue weighted by atomic mass is 9.91. The first-order chi connectivity index (χ1) is 15.2. The van der Waals surface area contributed by atoms with Gasteiger partial charge in [0.2, 0.25) is 5.91 Å². The number of nitrogens with zero attached hydrogens (tertiary/aromatic N) is 1. The van der Waals surface area contributed by atoms with Crippen molar-refractivity contribution in [2.24, 2.45) is 5.41 Å². The molecule has 0 saturated heterocycles. The molecule has 1 amide bonds. The van der Waals surface area contributed by atoms with E-state index in [-0.39, 0.29) is 23.8 Å². The Hall–Kier alpha value is -2.97. The predicted octanol–water partition coefficient (Wildman–Crippen LogP) is 2.52. The van der Waals surface area contributed by atoms with Crippen LogP contribution in [0.15, 0.2) is 45.9 Å². The zero-order valence-corrected chi connectivity index (χ0v) is 20.1. The number of thiophene rings is 1. The Bertz CT molecular complexity index is 1260. The van der Waals surface area contributed by atoms with Gasteiger partial charge in [-0.1, -0.05) is 32.9 Å². The number of hydrogen-bond donors (Lipinski definition) is 1. The van der Waals surface area contributed by atoms with Crippen molar-refractivity contribution < 1.29 is 14.3 Å². The smallest absolute Gasteiger partial charge is 0.269 e. The molecule has 6 nitrogen and oxygen atoms in total. The number of rotatable bonds is 7. The van der Waals surface area contributed by atoms with E-state index in [1.807, 2.05) is 61.9 Å². The minimum atomic E-state index is -0.585. The van der Waals surface area contributed by atoms with Crippen molar-refractivity contribution in [3.63, 3.8) is 0 Å². The highest BCUT2D eigenvalue weighted by molar-refractivity contribution is 7.08. The first-order valence-corrected chi connectivity index (χ1v) is 11.8. The first-order valence-electron chi connectivity index (χ1n) is 10.1. The van der Waals surface area contributed by atoms with Gasteiger partial charge in [-0.05, 0) is 46.2 Å². The van der Waals surface area contributed by atoms with E-state index in [2.05, 4.69) is 5.32 Å². The third-order valence-corrected chi connectivity index (χ3v) is 6.48. The minimum absolute atomic E-state index is 0.103. The number of methoxy groups -OCH3 is 1. The highest BCUT2D eigenvalue weighted by atomic mass is 32.1. The summed E-state index contributed by atoms with van der Waals surface area (Å²) in [6.45, 7) is 5.63. The number of benzene rings is 1. The van der Waals surface area contributed by atoms with Gasteiger partial charge in [0.1, 0.15) is 17.0 Å². The summed E-state index contributed by atoms with van der Waals surface area (Å²) in [6.07, 6.45) is 3.25. The second kappa shape index (κ2) is 10.1. The fraction of sp³-hybridized carbons (Fsp3) is 0.292. The summed E-state index contributed by atoms with van der Waals surface area (Å²) in [5.74, 6) is 0.330. The number of carbonyl (C=O) groups is 2. The van der Waals surface area contributed by atoms with Gasteiger partial charge in [-0.15, -0.1) is 11.3 Å². The molecule has 0 spiro atoms. The van der Waals surface area contributed by atoms with Crippen molar-refractivity contribution in [1.82, 2.24) is 9.88 Å². The molecule has 0 aliphatic heterocycles. The minimum Gasteiger partial charge on any atom is -0.497 e. The Morgan fingerprint density at radius 2 is 1.88 bits per heavy atom. The van der Waals surface area contributed by atoms with Crippen molar-refractivity contribution in [3.05, 3.63) is 71.8 Å². The van der Waals surface area contributed by atoms with Crippen LogP contribution in [0, 0.1) is 5.41 Å². The molecular weight excluding hydrogens is 444 g/mol. The van der Waals surface area contributed by atoms with Crippen LogP contribution in [0.4, 0.5) is 0 Å². The largest absolute Gasteiger partial charge is 0.497 e. The van der Waals surface area contributed by atoms with Crippen molar-refractivity contribution in [2.75, 3.05) is 7.11 Å². The van der Waals surface area contributed by atoms with Gasteiger partial charge in [0, 0.05) is 18.0 Å². The maximum absolute atomic E-state index is 13.0. The Balaban J connectivity index is 1.88. The third kappa shape index (κ3) is 6.05. The molecule has 0 fully saturated rings. The second-order valence-corrected chi connectivity index (χ2v) is 10.1. The number of hydrogen-bond acceptors (Lipinski definition) is 6. The Morgan fingerprint density at radius 1 is 1.16 bits per heavy atom. The monoisotopic (exact) mass is 470 g/mol. The van der Waals surface area contributed by atoms with Gasteiger partial charge < -0.3 is 10.1 Å². The topological polar surface area (TPSA) is 77.4 Å². The summed E-state index contributed by atoms with van der Waals surface area (Å²) in [7, 11) is 1.60. The Morgan fingerprint density at radius 3 is 2.47 bits per heavy atom. The van der Waals surface area contributed by atoms with Gasteiger partial charge in [-0.25, -0.2) is 0 Å². The van der Waals surface area contributed by atoms with Gasteiger partial charge in [-0.2, -0.15) is 11.3 Å². The van der Waals surface area contributed by atoms with Gasteiger partial charge in [-0.3, -0.25) is 19.0 Å². The van der Waals surface area contributed by atoms with Gasteiger partial charge in [0.25, 0.3) is 5.56 Å². The van der Waals surface area contributed by atoms with Crippen LogP contribution in [0.25, 0.3) is 12.2 Å². The number of nitrogens with one attached hydrogen (secondary N) is 1. The van der Waals surface area contributed by atoms with Crippen LogP contribution in [0.2, 0.25) is 0 Å². The standard InChI is InChI=1S/C24H26N2O4S2/c1-24(2,3)20(27)12-22-26(23(29)19(32-22)11-17-9-10-31-15-17)14-21(28)25-13-16-5-7-18(30-4)8-6-16/h5-12,15H,13-14H2,1-4H3,(H,25,28)/b19-11+,22-12-. The molecule has 0 saturated carbocycles. The third-order valence-electron chi connectivity index (χ3n) is 4.72. The van der Waals surface area contributed by atoms with E-state index in [1.54, 1.807) is 13.2 Å². The van der Waals surface area contributed by atoms with Crippen LogP contribution < -0.4 is 24.8 Å². The number of carbonyl (C=O) groups excluding carboxylic acids is 2. The quantitative estimate of drug-likeness (QED) is 0.576. The maximum atomic E-state index is 13.0. The predicted molar refractivity (Wildman–Crippen MR) is 129 cm³/mol. The van der Waals surface area contributed by atoms with Crippen molar-refractivity contribution >= 4 is 46.5 Å². The maximum Gasteiger partial charge on any atom is 0.269 e. The van der Waals surface area contributed by atoms with Crippen molar-refractivity contribution in [2.45, 2.75) is 33.9 Å². The molecule has 1 aromatic carbocycles. The summed E-state index contributed by atoms with van der Waals surface area (Å²) in [5, 5.41) is 6.71. The van der Waals surface area contributed by atoms with E-state index >= 15 is 0 Å². The molecule has 3 rings (SSSR count). The number of aromatic nitrogens is 1. The molecule has 0 unspecified atom stereocenters. The molecule has 0 atom stereocenters. The molecule has 3 aromatic rings. The molecule has 2 aromatic heterocycles. The average Bonchev–Trinajstić information content (AvgIpc) is 3.36. The Kier molecular flexibility index (Phi) is 7.48. The number of Topliss-reactive ketones (excluding diaryl/α,β-unsaturated/α-hetero) is 1. The molecule has 0 aliphatic carbocycles. The molecule has 2 heterocycles. The van der Waals surface area contributed by atoms with Gasteiger partial charge in [0.15, 0.2) is 5.78 Å². The highest BCUT2D eigenvalue weighted by Gasteiger charge is 2.20. The lowest BCUT2D eigenvalue weighted by Crippen LogP contribution is -2.38. The zero-order chi connectivity index (χ0) is 23.3. The lowest BCUT2D eigenvalue weighted by Gasteiger charge is -2.13. The Labute approximate surface area is 194 Å². The fourth-order valence-corrected chi connectivity index (χ4v) is 4.43. The molecule has 8 heteroatoms. The van der Waals surface area contributed by atoms with Crippen LogP contribution in [-0.2, 0) is 22.7 Å². The van der Waals surface area contributed by atoms with Crippen LogP contribution in [0.5, 0.6) is 5.75 Å². The summed E-state index contributed by atoms with van der Waals surface area (Å²) in [6, 6.07) is 9.29. The molecule has 1 N–H and O–H groups in total. The molecule has 32 heavy (non-hydrogen) atoms. The summed E-state index contributed by atoms with van der Waals surface area (Å²) >= 11 is 2.76.